The van der Waals surface area contributed by atoms with E-state index in [1.165, 1.54) is 6.92 Å². The molecule has 6 nitrogen and oxygen atoms in total. The van der Waals surface area contributed by atoms with Crippen LogP contribution in [0, 0.1) is 6.92 Å². The van der Waals surface area contributed by atoms with Gasteiger partial charge in [0.2, 0.25) is 5.91 Å². The van der Waals surface area contributed by atoms with Crippen molar-refractivity contribution in [3.05, 3.63) is 72.2 Å². The van der Waals surface area contributed by atoms with Crippen LogP contribution < -0.4 is 5.32 Å². The smallest absolute Gasteiger partial charge is 0.221 e. The van der Waals surface area contributed by atoms with Gasteiger partial charge in [0.1, 0.15) is 11.5 Å². The number of imidazole rings is 1. The van der Waals surface area contributed by atoms with Crippen molar-refractivity contribution in [1.29, 1.82) is 0 Å². The Kier molecular flexibility index (Phi) is 6.44. The van der Waals surface area contributed by atoms with Crippen LogP contribution in [-0.2, 0) is 29.1 Å². The highest BCUT2D eigenvalue weighted by Gasteiger charge is 2.12. The van der Waals surface area contributed by atoms with E-state index in [0.29, 0.717) is 6.61 Å². The maximum atomic E-state index is 11.1. The predicted octanol–water partition coefficient (Wildman–Crippen LogP) is 3.96. The molecule has 0 saturated heterocycles. The molecule has 0 bridgehead atoms. The molecule has 2 aromatic heterocycles. The highest BCUT2D eigenvalue weighted by Crippen LogP contribution is 2.16. The molecule has 1 amide bonds. The summed E-state index contributed by atoms with van der Waals surface area (Å²) in [4.78, 5) is 15.2. The van der Waals surface area contributed by atoms with Crippen LogP contribution in [0.15, 0.2) is 59.5 Å². The number of nitrogens with zero attached hydrogens (tertiary/aromatic N) is 2. The fraction of sp³-hybridized carbons (Fsp3) is 0.333. The summed E-state index contributed by atoms with van der Waals surface area (Å²) < 4.78 is 13.9. The zero-order valence-corrected chi connectivity index (χ0v) is 15.7. The number of carbonyl (C=O) groups is 1. The Labute approximate surface area is 159 Å². The van der Waals surface area contributed by atoms with Gasteiger partial charge >= 0.3 is 0 Å². The topological polar surface area (TPSA) is 69.3 Å². The van der Waals surface area contributed by atoms with Gasteiger partial charge in [-0.1, -0.05) is 12.1 Å². The second-order valence-corrected chi connectivity index (χ2v) is 6.62. The zero-order valence-electron chi connectivity index (χ0n) is 15.7. The van der Waals surface area contributed by atoms with Gasteiger partial charge in [-0.2, -0.15) is 0 Å². The van der Waals surface area contributed by atoms with Crippen LogP contribution in [0.2, 0.25) is 0 Å². The average Bonchev–Trinajstić information content (AvgIpc) is 3.29. The molecule has 0 fully saturated rings. The first-order valence-corrected chi connectivity index (χ1v) is 9.07. The molecule has 1 unspecified atom stereocenters. The number of amides is 1. The molecular weight excluding hydrogens is 342 g/mol. The molecule has 27 heavy (non-hydrogen) atoms. The minimum atomic E-state index is -0.0763. The minimum absolute atomic E-state index is 0.0413. The Bertz CT molecular complexity index is 838. The normalized spacial score (nSPS) is 12.1. The largest absolute Gasteiger partial charge is 0.466 e. The number of ether oxygens (including phenoxy) is 1. The van der Waals surface area contributed by atoms with Gasteiger partial charge in [0.05, 0.1) is 19.0 Å². The van der Waals surface area contributed by atoms with Crippen molar-refractivity contribution in [3.8, 4) is 0 Å². The van der Waals surface area contributed by atoms with Gasteiger partial charge < -0.3 is 19.0 Å². The number of carbonyl (C=O) groups excluding carboxylic acids is 1. The molecule has 0 spiro atoms. The Hall–Kier alpha value is -2.86. The van der Waals surface area contributed by atoms with Crippen molar-refractivity contribution >= 4 is 11.6 Å². The lowest BCUT2D eigenvalue weighted by Crippen LogP contribution is -2.20. The van der Waals surface area contributed by atoms with E-state index < -0.39 is 0 Å². The molecule has 3 rings (SSSR count). The Morgan fingerprint density at radius 2 is 2.07 bits per heavy atom. The number of hydrogen-bond donors (Lipinski definition) is 1. The molecule has 2 heterocycles. The maximum Gasteiger partial charge on any atom is 0.221 e. The lowest BCUT2D eigenvalue weighted by atomic mass is 10.1. The Balaban J connectivity index is 1.57. The van der Waals surface area contributed by atoms with E-state index in [0.717, 1.165) is 42.2 Å². The van der Waals surface area contributed by atoms with Gasteiger partial charge in [-0.15, -0.1) is 0 Å². The standard InChI is InChI=1S/C21H25N3O3/c1-16-3-8-20(27-16)9-10-21(13-24-12-11-22-15-24)26-14-18-4-6-19(7-5-18)23-17(2)25/h3-8,11-12,15,21H,9-10,13-14H2,1-2H3,(H,23,25). The Morgan fingerprint density at radius 3 is 2.70 bits per heavy atom. The summed E-state index contributed by atoms with van der Waals surface area (Å²) in [6.45, 7) is 4.70. The number of aryl methyl sites for hydroxylation is 2. The van der Waals surface area contributed by atoms with E-state index in [4.69, 9.17) is 9.15 Å². The van der Waals surface area contributed by atoms with E-state index in [1.54, 1.807) is 12.5 Å². The second kappa shape index (κ2) is 9.19. The SMILES string of the molecule is CC(=O)Nc1ccc(COC(CCc2ccc(C)o2)Cn2ccnc2)cc1. The van der Waals surface area contributed by atoms with Gasteiger partial charge in [0.15, 0.2) is 0 Å². The maximum absolute atomic E-state index is 11.1. The van der Waals surface area contributed by atoms with E-state index in [-0.39, 0.29) is 12.0 Å². The highest BCUT2D eigenvalue weighted by atomic mass is 16.5. The molecule has 142 valence electrons. The molecule has 0 aliphatic heterocycles. The average molecular weight is 367 g/mol. The van der Waals surface area contributed by atoms with E-state index in [1.807, 2.05) is 54.1 Å². The molecule has 3 aromatic rings. The van der Waals surface area contributed by atoms with Crippen molar-refractivity contribution in [3.63, 3.8) is 0 Å². The summed E-state index contributed by atoms with van der Waals surface area (Å²) in [5.41, 5.74) is 1.85. The van der Waals surface area contributed by atoms with Crippen LogP contribution in [0.3, 0.4) is 0 Å². The first kappa shape index (κ1) is 18.9. The van der Waals surface area contributed by atoms with Crippen molar-refractivity contribution < 1.29 is 13.9 Å². The van der Waals surface area contributed by atoms with Crippen LogP contribution in [0.25, 0.3) is 0 Å². The summed E-state index contributed by atoms with van der Waals surface area (Å²) in [5, 5.41) is 2.77. The number of nitrogens with one attached hydrogen (secondary N) is 1. The third-order valence-electron chi connectivity index (χ3n) is 4.24. The van der Waals surface area contributed by atoms with Crippen molar-refractivity contribution in [2.24, 2.45) is 0 Å². The number of benzene rings is 1. The van der Waals surface area contributed by atoms with Crippen LogP contribution in [0.4, 0.5) is 5.69 Å². The summed E-state index contributed by atoms with van der Waals surface area (Å²) in [5.74, 6) is 1.83. The number of aromatic nitrogens is 2. The molecule has 0 saturated carbocycles. The van der Waals surface area contributed by atoms with Crippen molar-refractivity contribution in [2.75, 3.05) is 5.32 Å². The van der Waals surface area contributed by atoms with Gasteiger partial charge in [0, 0.05) is 38.0 Å². The van der Waals surface area contributed by atoms with Gasteiger partial charge in [-0.3, -0.25) is 4.79 Å². The molecule has 0 radical (unpaired) electrons. The van der Waals surface area contributed by atoms with Gasteiger partial charge in [-0.25, -0.2) is 4.98 Å². The number of anilines is 1. The third kappa shape index (κ3) is 6.11. The van der Waals surface area contributed by atoms with E-state index in [2.05, 4.69) is 10.3 Å². The lowest BCUT2D eigenvalue weighted by molar-refractivity contribution is -0.114. The Morgan fingerprint density at radius 1 is 1.26 bits per heavy atom. The summed E-state index contributed by atoms with van der Waals surface area (Å²) >= 11 is 0. The molecule has 1 atom stereocenters. The number of rotatable bonds is 9. The minimum Gasteiger partial charge on any atom is -0.466 e. The summed E-state index contributed by atoms with van der Waals surface area (Å²) in [7, 11) is 0. The lowest BCUT2D eigenvalue weighted by Gasteiger charge is -2.18. The molecule has 1 aromatic carbocycles. The van der Waals surface area contributed by atoms with Gasteiger partial charge in [-0.05, 0) is 43.2 Å². The summed E-state index contributed by atoms with van der Waals surface area (Å²) in [6.07, 6.45) is 7.24. The number of furan rings is 1. The fourth-order valence-corrected chi connectivity index (χ4v) is 2.88. The van der Waals surface area contributed by atoms with Crippen LogP contribution in [0.5, 0.6) is 0 Å². The molecule has 6 heteroatoms. The third-order valence-corrected chi connectivity index (χ3v) is 4.24. The zero-order chi connectivity index (χ0) is 19.1. The molecular formula is C21H25N3O3. The summed E-state index contributed by atoms with van der Waals surface area (Å²) in [6, 6.07) is 11.7. The molecule has 0 aliphatic rings. The van der Waals surface area contributed by atoms with Crippen LogP contribution in [0.1, 0.15) is 30.4 Å². The number of hydrogen-bond acceptors (Lipinski definition) is 4. The molecule has 0 aliphatic carbocycles. The monoisotopic (exact) mass is 367 g/mol. The quantitative estimate of drug-likeness (QED) is 0.621. The predicted molar refractivity (Wildman–Crippen MR) is 103 cm³/mol. The highest BCUT2D eigenvalue weighted by molar-refractivity contribution is 5.88. The second-order valence-electron chi connectivity index (χ2n) is 6.62. The molecule has 1 N–H and O–H groups in total. The van der Waals surface area contributed by atoms with E-state index in [9.17, 15) is 4.79 Å². The van der Waals surface area contributed by atoms with Crippen molar-refractivity contribution in [2.45, 2.75) is 45.9 Å². The van der Waals surface area contributed by atoms with Gasteiger partial charge in [0.25, 0.3) is 0 Å². The van der Waals surface area contributed by atoms with Crippen LogP contribution in [-0.4, -0.2) is 21.6 Å². The van der Waals surface area contributed by atoms with Crippen molar-refractivity contribution in [1.82, 2.24) is 9.55 Å². The fourth-order valence-electron chi connectivity index (χ4n) is 2.88. The van der Waals surface area contributed by atoms with E-state index >= 15 is 0 Å². The van der Waals surface area contributed by atoms with Crippen LogP contribution >= 0.6 is 0 Å². The first-order chi connectivity index (χ1) is 13.1. The first-order valence-electron chi connectivity index (χ1n) is 9.07.